The summed E-state index contributed by atoms with van der Waals surface area (Å²) in [4.78, 5) is 6.63. The number of nitrogens with zero attached hydrogens (tertiary/aromatic N) is 2. The van der Waals surface area contributed by atoms with Crippen LogP contribution in [-0.2, 0) is 6.54 Å². The number of pyridine rings is 1. The molecule has 0 aromatic carbocycles. The van der Waals surface area contributed by atoms with E-state index in [0.717, 1.165) is 29.8 Å². The highest BCUT2D eigenvalue weighted by Crippen LogP contribution is 2.08. The monoisotopic (exact) mass is 271 g/mol. The lowest BCUT2D eigenvalue weighted by atomic mass is 10.3. The van der Waals surface area contributed by atoms with E-state index in [-0.39, 0.29) is 0 Å². The fourth-order valence-corrected chi connectivity index (χ4v) is 1.62. The van der Waals surface area contributed by atoms with Gasteiger partial charge in [0.1, 0.15) is 0 Å². The minimum atomic E-state index is 0.914. The normalized spacial score (nSPS) is 10.9. The summed E-state index contributed by atoms with van der Waals surface area (Å²) in [5.41, 5.74) is 1.12. The van der Waals surface area contributed by atoms with E-state index in [1.54, 1.807) is 0 Å². The van der Waals surface area contributed by atoms with Crippen molar-refractivity contribution in [3.05, 3.63) is 28.5 Å². The van der Waals surface area contributed by atoms with Gasteiger partial charge >= 0.3 is 0 Å². The molecule has 1 aromatic rings. The lowest BCUT2D eigenvalue weighted by Gasteiger charge is -2.15. The first-order chi connectivity index (χ1) is 7.22. The maximum absolute atomic E-state index is 4.34. The lowest BCUT2D eigenvalue weighted by molar-refractivity contribution is 0.317. The minimum Gasteiger partial charge on any atom is -0.320 e. The molecule has 4 heteroatoms. The van der Waals surface area contributed by atoms with Crippen molar-refractivity contribution in [2.45, 2.75) is 13.0 Å². The van der Waals surface area contributed by atoms with Crippen molar-refractivity contribution in [3.8, 4) is 0 Å². The molecule has 0 saturated carbocycles. The summed E-state index contributed by atoms with van der Waals surface area (Å²) in [5.74, 6) is 0. The second kappa shape index (κ2) is 6.93. The van der Waals surface area contributed by atoms with E-state index >= 15 is 0 Å². The highest BCUT2D eigenvalue weighted by Gasteiger charge is 2.00. The van der Waals surface area contributed by atoms with Crippen LogP contribution in [0.3, 0.4) is 0 Å². The number of halogens is 1. The van der Waals surface area contributed by atoms with Gasteiger partial charge in [-0.3, -0.25) is 4.98 Å². The van der Waals surface area contributed by atoms with E-state index in [2.05, 4.69) is 44.2 Å². The summed E-state index contributed by atoms with van der Waals surface area (Å²) in [5, 5.41) is 3.15. The molecule has 0 aliphatic heterocycles. The zero-order valence-electron chi connectivity index (χ0n) is 9.33. The third-order valence-corrected chi connectivity index (χ3v) is 2.66. The molecule has 3 nitrogen and oxygen atoms in total. The Morgan fingerprint density at radius 2 is 2.27 bits per heavy atom. The van der Waals surface area contributed by atoms with Crippen molar-refractivity contribution >= 4 is 15.9 Å². The van der Waals surface area contributed by atoms with Crippen LogP contribution in [0.15, 0.2) is 22.8 Å². The Morgan fingerprint density at radius 3 is 2.87 bits per heavy atom. The zero-order valence-corrected chi connectivity index (χ0v) is 10.9. The van der Waals surface area contributed by atoms with Gasteiger partial charge in [-0.25, -0.2) is 0 Å². The number of aromatic nitrogens is 1. The molecule has 1 N–H and O–H groups in total. The predicted octanol–water partition coefficient (Wildman–Crippen LogP) is 1.89. The topological polar surface area (TPSA) is 28.2 Å². The Labute approximate surface area is 100 Å². The Bertz CT molecular complexity index is 274. The molecule has 15 heavy (non-hydrogen) atoms. The fourth-order valence-electron chi connectivity index (χ4n) is 1.38. The molecule has 1 aromatic heterocycles. The van der Waals surface area contributed by atoms with Crippen molar-refractivity contribution < 1.29 is 0 Å². The van der Waals surface area contributed by atoms with E-state index in [9.17, 15) is 0 Å². The molecular weight excluding hydrogens is 254 g/mol. The van der Waals surface area contributed by atoms with E-state index in [1.165, 1.54) is 6.42 Å². The van der Waals surface area contributed by atoms with Crippen LogP contribution in [0.5, 0.6) is 0 Å². The molecule has 0 fully saturated rings. The van der Waals surface area contributed by atoms with E-state index in [1.807, 2.05) is 19.3 Å². The Balaban J connectivity index is 2.31. The molecule has 0 radical (unpaired) electrons. The van der Waals surface area contributed by atoms with Crippen LogP contribution in [0.2, 0.25) is 0 Å². The molecule has 1 heterocycles. The van der Waals surface area contributed by atoms with E-state index < -0.39 is 0 Å². The van der Waals surface area contributed by atoms with Crippen LogP contribution < -0.4 is 5.32 Å². The minimum absolute atomic E-state index is 0.914. The van der Waals surface area contributed by atoms with Crippen molar-refractivity contribution in [2.75, 3.05) is 27.2 Å². The summed E-state index contributed by atoms with van der Waals surface area (Å²) in [6.07, 6.45) is 3.01. The molecule has 0 aliphatic carbocycles. The largest absolute Gasteiger partial charge is 0.320 e. The summed E-state index contributed by atoms with van der Waals surface area (Å²) >= 11 is 3.38. The highest BCUT2D eigenvalue weighted by molar-refractivity contribution is 9.10. The summed E-state index contributed by atoms with van der Waals surface area (Å²) in [6.45, 7) is 3.08. The fraction of sp³-hybridized carbons (Fsp3) is 0.545. The summed E-state index contributed by atoms with van der Waals surface area (Å²) < 4.78 is 1.03. The molecule has 0 unspecified atom stereocenters. The maximum Gasteiger partial charge on any atom is 0.0544 e. The van der Waals surface area contributed by atoms with Crippen molar-refractivity contribution in [1.29, 1.82) is 0 Å². The average molecular weight is 272 g/mol. The number of hydrogen-bond donors (Lipinski definition) is 1. The van der Waals surface area contributed by atoms with Gasteiger partial charge < -0.3 is 10.2 Å². The van der Waals surface area contributed by atoms with Crippen LogP contribution in [0.25, 0.3) is 0 Å². The predicted molar refractivity (Wildman–Crippen MR) is 66.8 cm³/mol. The molecule has 1 rings (SSSR count). The van der Waals surface area contributed by atoms with Gasteiger partial charge in [0.05, 0.1) is 5.69 Å². The van der Waals surface area contributed by atoms with E-state index in [0.29, 0.717) is 0 Å². The summed E-state index contributed by atoms with van der Waals surface area (Å²) in [7, 11) is 4.11. The van der Waals surface area contributed by atoms with Gasteiger partial charge in [0.2, 0.25) is 0 Å². The first kappa shape index (κ1) is 12.6. The molecule has 0 amide bonds. The van der Waals surface area contributed by atoms with Crippen molar-refractivity contribution in [1.82, 2.24) is 15.2 Å². The Hall–Kier alpha value is -0.450. The standard InChI is InChI=1S/C11H18BrN3/c1-13-6-3-7-15(2)9-11-5-4-10(12)8-14-11/h4-5,8,13H,3,6-7,9H2,1-2H3. The molecule has 0 saturated heterocycles. The van der Waals surface area contributed by atoms with Gasteiger partial charge in [0.25, 0.3) is 0 Å². The average Bonchev–Trinajstić information content (AvgIpc) is 2.22. The first-order valence-electron chi connectivity index (χ1n) is 5.16. The van der Waals surface area contributed by atoms with Crippen LogP contribution in [0.1, 0.15) is 12.1 Å². The summed E-state index contributed by atoms with van der Waals surface area (Å²) in [6, 6.07) is 4.09. The molecule has 0 atom stereocenters. The SMILES string of the molecule is CNCCCN(C)Cc1ccc(Br)cn1. The molecule has 0 bridgehead atoms. The lowest BCUT2D eigenvalue weighted by Crippen LogP contribution is -2.22. The second-order valence-electron chi connectivity index (χ2n) is 3.66. The van der Waals surface area contributed by atoms with Gasteiger partial charge in [-0.1, -0.05) is 0 Å². The number of rotatable bonds is 6. The molecular formula is C11H18BrN3. The van der Waals surface area contributed by atoms with Gasteiger partial charge in [-0.05, 0) is 61.7 Å². The van der Waals surface area contributed by atoms with Gasteiger partial charge in [0, 0.05) is 17.2 Å². The maximum atomic E-state index is 4.34. The second-order valence-corrected chi connectivity index (χ2v) is 4.58. The molecule has 84 valence electrons. The highest BCUT2D eigenvalue weighted by atomic mass is 79.9. The number of hydrogen-bond acceptors (Lipinski definition) is 3. The Kier molecular flexibility index (Phi) is 5.83. The zero-order chi connectivity index (χ0) is 11.1. The van der Waals surface area contributed by atoms with Crippen molar-refractivity contribution in [3.63, 3.8) is 0 Å². The van der Waals surface area contributed by atoms with Gasteiger partial charge in [-0.2, -0.15) is 0 Å². The number of nitrogens with one attached hydrogen (secondary N) is 1. The molecule has 0 spiro atoms. The first-order valence-corrected chi connectivity index (χ1v) is 5.95. The smallest absolute Gasteiger partial charge is 0.0544 e. The third kappa shape index (κ3) is 5.25. The van der Waals surface area contributed by atoms with Crippen LogP contribution in [0, 0.1) is 0 Å². The van der Waals surface area contributed by atoms with Crippen molar-refractivity contribution in [2.24, 2.45) is 0 Å². The molecule has 0 aliphatic rings. The van der Waals surface area contributed by atoms with Gasteiger partial charge in [-0.15, -0.1) is 0 Å². The van der Waals surface area contributed by atoms with Crippen LogP contribution in [-0.4, -0.2) is 37.1 Å². The quantitative estimate of drug-likeness (QED) is 0.801. The van der Waals surface area contributed by atoms with Crippen LogP contribution in [0.4, 0.5) is 0 Å². The third-order valence-electron chi connectivity index (χ3n) is 2.19. The Morgan fingerprint density at radius 1 is 1.47 bits per heavy atom. The van der Waals surface area contributed by atoms with Crippen LogP contribution >= 0.6 is 15.9 Å². The van der Waals surface area contributed by atoms with E-state index in [4.69, 9.17) is 0 Å². The van der Waals surface area contributed by atoms with Gasteiger partial charge in [0.15, 0.2) is 0 Å².